The van der Waals surface area contributed by atoms with Crippen LogP contribution in [0.5, 0.6) is 5.75 Å². The van der Waals surface area contributed by atoms with Crippen LogP contribution in [-0.4, -0.2) is 31.3 Å². The van der Waals surface area contributed by atoms with Crippen molar-refractivity contribution in [3.8, 4) is 5.75 Å². The molecule has 1 amide bonds. The number of carbonyl (C=O) groups excluding carboxylic acids is 1. The van der Waals surface area contributed by atoms with Crippen molar-refractivity contribution in [1.29, 1.82) is 0 Å². The van der Waals surface area contributed by atoms with Crippen molar-refractivity contribution in [2.75, 3.05) is 6.61 Å². The number of hydrogen-bond donors (Lipinski definition) is 1. The smallest absolute Gasteiger partial charge is 0.244 e. The molecule has 1 aliphatic heterocycles. The number of benzene rings is 3. The van der Waals surface area contributed by atoms with Gasteiger partial charge in [-0.15, -0.1) is 0 Å². The van der Waals surface area contributed by atoms with Crippen molar-refractivity contribution in [2.24, 2.45) is 0 Å². The highest BCUT2D eigenvalue weighted by molar-refractivity contribution is 7.89. The highest BCUT2D eigenvalue weighted by Gasteiger charge is 2.39. The number of ether oxygens (including phenoxy) is 1. The maximum atomic E-state index is 13.6. The van der Waals surface area contributed by atoms with E-state index in [1.165, 1.54) is 4.31 Å². The second-order valence-corrected chi connectivity index (χ2v) is 10.0. The first-order chi connectivity index (χ1) is 15.9. The van der Waals surface area contributed by atoms with Crippen LogP contribution in [0.4, 0.5) is 0 Å². The van der Waals surface area contributed by atoms with Crippen LogP contribution in [-0.2, 0) is 34.3 Å². The molecule has 0 fully saturated rings. The lowest BCUT2D eigenvalue weighted by Gasteiger charge is -2.35. The van der Waals surface area contributed by atoms with Crippen LogP contribution >= 0.6 is 0 Å². The van der Waals surface area contributed by atoms with Gasteiger partial charge in [0, 0.05) is 18.7 Å². The van der Waals surface area contributed by atoms with Gasteiger partial charge in [0.25, 0.3) is 0 Å². The van der Waals surface area contributed by atoms with E-state index >= 15 is 0 Å². The van der Waals surface area contributed by atoms with Crippen LogP contribution in [0, 0.1) is 6.92 Å². The monoisotopic (exact) mass is 464 g/mol. The summed E-state index contributed by atoms with van der Waals surface area (Å²) in [7, 11) is -3.87. The van der Waals surface area contributed by atoms with Gasteiger partial charge in [0.15, 0.2) is 0 Å². The van der Waals surface area contributed by atoms with Gasteiger partial charge in [-0.25, -0.2) is 8.42 Å². The molecular weight excluding hydrogens is 436 g/mol. The summed E-state index contributed by atoms with van der Waals surface area (Å²) in [5.74, 6) is 0.380. The van der Waals surface area contributed by atoms with Crippen molar-refractivity contribution < 1.29 is 17.9 Å². The molecule has 3 aromatic carbocycles. The molecule has 3 aromatic rings. The summed E-state index contributed by atoms with van der Waals surface area (Å²) in [6.07, 6.45) is 0.320. The Kier molecular flexibility index (Phi) is 6.81. The number of aryl methyl sites for hydroxylation is 1. The van der Waals surface area contributed by atoms with Crippen molar-refractivity contribution in [3.05, 3.63) is 95.1 Å². The van der Waals surface area contributed by atoms with Gasteiger partial charge in [0.1, 0.15) is 11.8 Å². The fourth-order valence-electron chi connectivity index (χ4n) is 4.07. The van der Waals surface area contributed by atoms with Gasteiger partial charge in [0.2, 0.25) is 15.9 Å². The number of amides is 1. The van der Waals surface area contributed by atoms with Gasteiger partial charge in [-0.2, -0.15) is 4.31 Å². The number of fused-ring (bicyclic) bond motifs is 1. The maximum Gasteiger partial charge on any atom is 0.244 e. The van der Waals surface area contributed by atoms with E-state index in [1.807, 2.05) is 62.4 Å². The summed E-state index contributed by atoms with van der Waals surface area (Å²) >= 11 is 0. The van der Waals surface area contributed by atoms with Crippen molar-refractivity contribution in [3.63, 3.8) is 0 Å². The largest absolute Gasteiger partial charge is 0.494 e. The lowest BCUT2D eigenvalue weighted by atomic mass is 9.95. The Labute approximate surface area is 195 Å². The second-order valence-electron chi connectivity index (χ2n) is 8.11. The number of para-hydroxylation sites is 1. The third-order valence-electron chi connectivity index (χ3n) is 5.86. The normalized spacial score (nSPS) is 16.1. The third-order valence-corrected chi connectivity index (χ3v) is 7.73. The summed E-state index contributed by atoms with van der Waals surface area (Å²) < 4.78 is 34.1. The highest BCUT2D eigenvalue weighted by Crippen LogP contribution is 2.29. The van der Waals surface area contributed by atoms with Crippen LogP contribution in [0.1, 0.15) is 29.2 Å². The molecule has 0 unspecified atom stereocenters. The number of sulfonamides is 1. The minimum absolute atomic E-state index is 0.153. The molecule has 0 saturated carbocycles. The summed E-state index contributed by atoms with van der Waals surface area (Å²) in [5.41, 5.74) is 3.72. The van der Waals surface area contributed by atoms with Gasteiger partial charge in [-0.3, -0.25) is 4.79 Å². The lowest BCUT2D eigenvalue weighted by molar-refractivity contribution is -0.125. The molecule has 33 heavy (non-hydrogen) atoms. The Balaban J connectivity index is 1.62. The molecule has 4 rings (SSSR count). The Morgan fingerprint density at radius 2 is 1.67 bits per heavy atom. The predicted molar refractivity (Wildman–Crippen MR) is 127 cm³/mol. The van der Waals surface area contributed by atoms with E-state index in [-0.39, 0.29) is 23.9 Å². The zero-order chi connectivity index (χ0) is 23.4. The Morgan fingerprint density at radius 1 is 1.00 bits per heavy atom. The Morgan fingerprint density at radius 3 is 2.39 bits per heavy atom. The number of nitrogens with one attached hydrogen (secondary N) is 1. The molecule has 172 valence electrons. The summed E-state index contributed by atoms with van der Waals surface area (Å²) in [6.45, 7) is 4.74. The molecule has 0 radical (unpaired) electrons. The van der Waals surface area contributed by atoms with E-state index in [1.54, 1.807) is 24.3 Å². The van der Waals surface area contributed by atoms with Gasteiger partial charge in [-0.1, -0.05) is 60.2 Å². The quantitative estimate of drug-likeness (QED) is 0.577. The highest BCUT2D eigenvalue weighted by atomic mass is 32.2. The zero-order valence-electron chi connectivity index (χ0n) is 18.8. The van der Waals surface area contributed by atoms with Crippen LogP contribution in [0.15, 0.2) is 77.7 Å². The van der Waals surface area contributed by atoms with Gasteiger partial charge in [-0.05, 0) is 49.6 Å². The maximum absolute atomic E-state index is 13.6. The molecule has 1 heterocycles. The van der Waals surface area contributed by atoms with Crippen LogP contribution in [0.3, 0.4) is 0 Å². The first-order valence-electron chi connectivity index (χ1n) is 11.0. The van der Waals surface area contributed by atoms with E-state index in [9.17, 15) is 13.2 Å². The molecule has 0 aromatic heterocycles. The molecule has 0 saturated heterocycles. The van der Waals surface area contributed by atoms with Gasteiger partial charge >= 0.3 is 0 Å². The number of rotatable bonds is 7. The SMILES string of the molecule is CCOc1ccccc1CNC(=O)[C@H]1Cc2ccccc2CN1S(=O)(=O)c1ccc(C)cc1. The molecule has 1 N–H and O–H groups in total. The summed E-state index contributed by atoms with van der Waals surface area (Å²) in [6, 6.07) is 21.1. The fourth-order valence-corrected chi connectivity index (χ4v) is 5.63. The number of carbonyl (C=O) groups is 1. The molecule has 1 atom stereocenters. The zero-order valence-corrected chi connectivity index (χ0v) is 19.6. The number of hydrogen-bond acceptors (Lipinski definition) is 4. The first kappa shape index (κ1) is 23.0. The Bertz CT molecular complexity index is 1240. The standard InChI is InChI=1S/C26H28N2O4S/c1-3-32-25-11-7-6-9-21(25)17-27-26(29)24-16-20-8-4-5-10-22(20)18-28(24)33(30,31)23-14-12-19(2)13-15-23/h4-15,24H,3,16-18H2,1-2H3,(H,27,29)/t24-/m1/s1. The summed E-state index contributed by atoms with van der Waals surface area (Å²) in [5, 5.41) is 2.94. The van der Waals surface area contributed by atoms with E-state index in [2.05, 4.69) is 5.32 Å². The molecule has 6 nitrogen and oxygen atoms in total. The van der Waals surface area contributed by atoms with Crippen molar-refractivity contribution in [1.82, 2.24) is 9.62 Å². The van der Waals surface area contributed by atoms with E-state index in [4.69, 9.17) is 4.74 Å². The molecule has 0 bridgehead atoms. The summed E-state index contributed by atoms with van der Waals surface area (Å²) in [4.78, 5) is 13.5. The Hall–Kier alpha value is -3.16. The molecule has 0 spiro atoms. The average molecular weight is 465 g/mol. The second kappa shape index (κ2) is 9.77. The van der Waals surface area contributed by atoms with Crippen LogP contribution in [0.2, 0.25) is 0 Å². The average Bonchev–Trinajstić information content (AvgIpc) is 2.83. The van der Waals surface area contributed by atoms with Crippen LogP contribution in [0.25, 0.3) is 0 Å². The predicted octanol–water partition coefficient (Wildman–Crippen LogP) is 3.83. The molecule has 0 aliphatic carbocycles. The van der Waals surface area contributed by atoms with Crippen molar-refractivity contribution >= 4 is 15.9 Å². The number of nitrogens with zero attached hydrogens (tertiary/aromatic N) is 1. The van der Waals surface area contributed by atoms with E-state index < -0.39 is 16.1 Å². The van der Waals surface area contributed by atoms with Crippen molar-refractivity contribution in [2.45, 2.75) is 44.3 Å². The van der Waals surface area contributed by atoms with E-state index in [0.717, 1.165) is 22.3 Å². The third kappa shape index (κ3) is 4.94. The molecule has 7 heteroatoms. The van der Waals surface area contributed by atoms with Gasteiger partial charge in [0.05, 0.1) is 11.5 Å². The van der Waals surface area contributed by atoms with Gasteiger partial charge < -0.3 is 10.1 Å². The first-order valence-corrected chi connectivity index (χ1v) is 12.5. The fraction of sp³-hybridized carbons (Fsp3) is 0.269. The molecular formula is C26H28N2O4S. The van der Waals surface area contributed by atoms with E-state index in [0.29, 0.717) is 18.8 Å². The minimum Gasteiger partial charge on any atom is -0.494 e. The van der Waals surface area contributed by atoms with Crippen LogP contribution < -0.4 is 10.1 Å². The minimum atomic E-state index is -3.87. The topological polar surface area (TPSA) is 75.7 Å². The molecule has 1 aliphatic rings. The lowest BCUT2D eigenvalue weighted by Crippen LogP contribution is -2.52.